The van der Waals surface area contributed by atoms with E-state index in [-0.39, 0.29) is 12.0 Å². The van der Waals surface area contributed by atoms with Gasteiger partial charge >= 0.3 is 0 Å². The Kier molecular flexibility index (Phi) is 7.67. The van der Waals surface area contributed by atoms with E-state index in [1.54, 1.807) is 23.1 Å². The van der Waals surface area contributed by atoms with Crippen LogP contribution in [0.1, 0.15) is 45.1 Å². The highest BCUT2D eigenvalue weighted by molar-refractivity contribution is 7.89. The van der Waals surface area contributed by atoms with Gasteiger partial charge in [0.05, 0.1) is 30.6 Å². The average Bonchev–Trinajstić information content (AvgIpc) is 3.24. The van der Waals surface area contributed by atoms with Crippen molar-refractivity contribution in [1.29, 1.82) is 0 Å². The lowest BCUT2D eigenvalue weighted by molar-refractivity contribution is -0.120. The number of hydrogen-bond donors (Lipinski definition) is 0. The molecule has 0 aliphatic carbocycles. The molecule has 162 valence electrons. The molecule has 1 aromatic rings. The smallest absolute Gasteiger partial charge is 0.243 e. The Labute approximate surface area is 174 Å². The minimum atomic E-state index is -3.50. The number of benzene rings is 1. The predicted octanol–water partition coefficient (Wildman–Crippen LogP) is 2.58. The molecule has 0 N–H and O–H groups in total. The maximum atomic E-state index is 12.8. The molecule has 1 unspecified atom stereocenters. The van der Waals surface area contributed by atoms with Crippen molar-refractivity contribution in [3.8, 4) is 0 Å². The molecular weight excluding hydrogens is 392 g/mol. The van der Waals surface area contributed by atoms with E-state index < -0.39 is 10.0 Å². The molecular formula is C21H32N2O5S. The second-order valence-corrected chi connectivity index (χ2v) is 9.43. The number of ether oxygens (including phenoxy) is 2. The first-order valence-electron chi connectivity index (χ1n) is 10.6. The maximum Gasteiger partial charge on any atom is 0.243 e. The summed E-state index contributed by atoms with van der Waals surface area (Å²) >= 11 is 0. The number of carbonyl (C=O) groups is 1. The van der Waals surface area contributed by atoms with Gasteiger partial charge < -0.3 is 14.4 Å². The standard InChI is InChI=1S/C21H32N2O5S/c1-3-22(4-2)29(25,26)19-9-10-20-17(15-19)7-5-12-23(20)21(24)11-14-27-16-18-8-6-13-28-18/h9-10,15,18H,3-8,11-14,16H2,1-2H3. The SMILES string of the molecule is CCN(CC)S(=O)(=O)c1ccc2c(c1)CCCN2C(=O)CCOCC1CCCO1. The van der Waals surface area contributed by atoms with Crippen molar-refractivity contribution in [3.05, 3.63) is 23.8 Å². The number of carbonyl (C=O) groups excluding carboxylic acids is 1. The van der Waals surface area contributed by atoms with Crippen LogP contribution in [0, 0.1) is 0 Å². The largest absolute Gasteiger partial charge is 0.378 e. The Morgan fingerprint density at radius 2 is 2.07 bits per heavy atom. The zero-order valence-electron chi connectivity index (χ0n) is 17.4. The normalized spacial score (nSPS) is 19.6. The van der Waals surface area contributed by atoms with Crippen molar-refractivity contribution < 1.29 is 22.7 Å². The molecule has 3 rings (SSSR count). The second-order valence-electron chi connectivity index (χ2n) is 7.49. The van der Waals surface area contributed by atoms with Crippen LogP contribution in [0.2, 0.25) is 0 Å². The lowest BCUT2D eigenvalue weighted by Crippen LogP contribution is -2.36. The van der Waals surface area contributed by atoms with Crippen LogP contribution in [0.15, 0.2) is 23.1 Å². The summed E-state index contributed by atoms with van der Waals surface area (Å²) < 4.78 is 38.2. The molecule has 1 atom stereocenters. The van der Waals surface area contributed by atoms with Crippen molar-refractivity contribution in [1.82, 2.24) is 4.31 Å². The minimum absolute atomic E-state index is 0.0117. The molecule has 0 aromatic heterocycles. The van der Waals surface area contributed by atoms with Crippen molar-refractivity contribution in [2.45, 2.75) is 57.0 Å². The van der Waals surface area contributed by atoms with Crippen LogP contribution in [-0.2, 0) is 30.7 Å². The van der Waals surface area contributed by atoms with Crippen LogP contribution in [0.4, 0.5) is 5.69 Å². The number of rotatable bonds is 9. The van der Waals surface area contributed by atoms with Crippen molar-refractivity contribution >= 4 is 21.6 Å². The van der Waals surface area contributed by atoms with Crippen LogP contribution in [-0.4, -0.2) is 64.2 Å². The highest BCUT2D eigenvalue weighted by Gasteiger charge is 2.27. The van der Waals surface area contributed by atoms with Crippen molar-refractivity contribution in [2.75, 3.05) is 44.4 Å². The Balaban J connectivity index is 1.64. The fraction of sp³-hybridized carbons (Fsp3) is 0.667. The van der Waals surface area contributed by atoms with Gasteiger partial charge in [0, 0.05) is 31.9 Å². The Bertz CT molecular complexity index is 801. The first-order chi connectivity index (χ1) is 14.0. The van der Waals surface area contributed by atoms with Gasteiger partial charge in [-0.05, 0) is 49.4 Å². The lowest BCUT2D eigenvalue weighted by Gasteiger charge is -2.30. The Hall–Kier alpha value is -1.48. The summed E-state index contributed by atoms with van der Waals surface area (Å²) in [7, 11) is -3.50. The summed E-state index contributed by atoms with van der Waals surface area (Å²) in [6, 6.07) is 5.12. The van der Waals surface area contributed by atoms with Gasteiger partial charge in [-0.15, -0.1) is 0 Å². The van der Waals surface area contributed by atoms with Gasteiger partial charge in [0.15, 0.2) is 0 Å². The summed E-state index contributed by atoms with van der Waals surface area (Å²) in [5.74, 6) is 0.0117. The van der Waals surface area contributed by atoms with Gasteiger partial charge in [-0.1, -0.05) is 13.8 Å². The minimum Gasteiger partial charge on any atom is -0.378 e. The quantitative estimate of drug-likeness (QED) is 0.570. The molecule has 7 nitrogen and oxygen atoms in total. The van der Waals surface area contributed by atoms with Crippen molar-refractivity contribution in [3.63, 3.8) is 0 Å². The third kappa shape index (κ3) is 5.17. The van der Waals surface area contributed by atoms with E-state index in [4.69, 9.17) is 9.47 Å². The van der Waals surface area contributed by atoms with Gasteiger partial charge in [-0.2, -0.15) is 4.31 Å². The topological polar surface area (TPSA) is 76.2 Å². The van der Waals surface area contributed by atoms with E-state index in [2.05, 4.69) is 0 Å². The molecule has 29 heavy (non-hydrogen) atoms. The van der Waals surface area contributed by atoms with Crippen LogP contribution in [0.25, 0.3) is 0 Å². The first kappa shape index (κ1) is 22.2. The molecule has 1 fully saturated rings. The molecule has 2 aliphatic rings. The molecule has 0 radical (unpaired) electrons. The molecule has 8 heteroatoms. The number of hydrogen-bond acceptors (Lipinski definition) is 5. The van der Waals surface area contributed by atoms with Crippen LogP contribution in [0.5, 0.6) is 0 Å². The van der Waals surface area contributed by atoms with E-state index in [0.717, 1.165) is 43.5 Å². The van der Waals surface area contributed by atoms with E-state index in [9.17, 15) is 13.2 Å². The first-order valence-corrected chi connectivity index (χ1v) is 12.0. The van der Waals surface area contributed by atoms with Crippen LogP contribution < -0.4 is 4.90 Å². The Morgan fingerprint density at radius 1 is 1.28 bits per heavy atom. The molecule has 1 aromatic carbocycles. The third-order valence-corrected chi connectivity index (χ3v) is 7.65. The molecule has 0 spiro atoms. The number of fused-ring (bicyclic) bond motifs is 1. The van der Waals surface area contributed by atoms with Crippen LogP contribution >= 0.6 is 0 Å². The van der Waals surface area contributed by atoms with E-state index >= 15 is 0 Å². The van der Waals surface area contributed by atoms with Gasteiger partial charge in [0.25, 0.3) is 0 Å². The highest BCUT2D eigenvalue weighted by atomic mass is 32.2. The number of sulfonamides is 1. The summed E-state index contributed by atoms with van der Waals surface area (Å²) in [5.41, 5.74) is 1.73. The summed E-state index contributed by atoms with van der Waals surface area (Å²) in [6.07, 6.45) is 4.16. The molecule has 2 heterocycles. The fourth-order valence-electron chi connectivity index (χ4n) is 3.99. The number of anilines is 1. The van der Waals surface area contributed by atoms with E-state index in [1.165, 1.54) is 4.31 Å². The number of amides is 1. The monoisotopic (exact) mass is 424 g/mol. The Morgan fingerprint density at radius 3 is 2.76 bits per heavy atom. The number of nitrogens with zero attached hydrogens (tertiary/aromatic N) is 2. The van der Waals surface area contributed by atoms with E-state index in [1.807, 2.05) is 13.8 Å². The van der Waals surface area contributed by atoms with Gasteiger partial charge in [-0.3, -0.25) is 4.79 Å². The summed E-state index contributed by atoms with van der Waals surface area (Å²) in [6.45, 7) is 6.90. The predicted molar refractivity (Wildman–Crippen MR) is 112 cm³/mol. The third-order valence-electron chi connectivity index (χ3n) is 5.60. The molecule has 1 amide bonds. The van der Waals surface area contributed by atoms with Crippen molar-refractivity contribution in [2.24, 2.45) is 0 Å². The summed E-state index contributed by atoms with van der Waals surface area (Å²) in [5, 5.41) is 0. The zero-order chi connectivity index (χ0) is 20.9. The van der Waals surface area contributed by atoms with E-state index in [0.29, 0.717) is 44.2 Å². The zero-order valence-corrected chi connectivity index (χ0v) is 18.2. The molecule has 0 bridgehead atoms. The van der Waals surface area contributed by atoms with Gasteiger partial charge in [0.2, 0.25) is 15.9 Å². The molecule has 0 saturated carbocycles. The average molecular weight is 425 g/mol. The second kappa shape index (κ2) is 10.0. The van der Waals surface area contributed by atoms with Gasteiger partial charge in [-0.25, -0.2) is 8.42 Å². The molecule has 1 saturated heterocycles. The molecule has 2 aliphatic heterocycles. The fourth-order valence-corrected chi connectivity index (χ4v) is 5.50. The number of aryl methyl sites for hydroxylation is 1. The van der Waals surface area contributed by atoms with Crippen LogP contribution in [0.3, 0.4) is 0 Å². The van der Waals surface area contributed by atoms with Gasteiger partial charge in [0.1, 0.15) is 0 Å². The maximum absolute atomic E-state index is 12.8. The highest BCUT2D eigenvalue weighted by Crippen LogP contribution is 2.31. The lowest BCUT2D eigenvalue weighted by atomic mass is 10.0. The summed E-state index contributed by atoms with van der Waals surface area (Å²) in [4.78, 5) is 14.8.